The van der Waals surface area contributed by atoms with Crippen LogP contribution < -0.4 is 10.6 Å². The summed E-state index contributed by atoms with van der Waals surface area (Å²) in [5, 5.41) is 6.04. The zero-order valence-corrected chi connectivity index (χ0v) is 10.3. The molecule has 0 saturated heterocycles. The first-order chi connectivity index (χ1) is 8.27. The summed E-state index contributed by atoms with van der Waals surface area (Å²) in [6.07, 6.45) is 3.18. The molecular weight excluding hydrogens is 212 g/mol. The molecule has 1 aromatic carbocycles. The van der Waals surface area contributed by atoms with E-state index < -0.39 is 0 Å². The standard InChI is InChI=1S/C14H20N2O/c1-3-10-15-11-9-14(17)16-13-8-6-5-7-12(13)4-2/h3,5-8,15H,1,4,9-11H2,2H3,(H,16,17). The van der Waals surface area contributed by atoms with Crippen LogP contribution in [0, 0.1) is 0 Å². The van der Waals surface area contributed by atoms with Crippen molar-refractivity contribution in [3.8, 4) is 0 Å². The van der Waals surface area contributed by atoms with Crippen molar-refractivity contribution in [2.75, 3.05) is 18.4 Å². The number of hydrogen-bond donors (Lipinski definition) is 2. The molecule has 0 heterocycles. The maximum absolute atomic E-state index is 11.7. The molecule has 0 unspecified atom stereocenters. The van der Waals surface area contributed by atoms with E-state index in [1.807, 2.05) is 24.3 Å². The Balaban J connectivity index is 2.42. The van der Waals surface area contributed by atoms with E-state index in [-0.39, 0.29) is 5.91 Å². The number of anilines is 1. The Bertz CT molecular complexity index is 374. The van der Waals surface area contributed by atoms with Gasteiger partial charge >= 0.3 is 0 Å². The fourth-order valence-electron chi connectivity index (χ4n) is 1.57. The average Bonchev–Trinajstić information content (AvgIpc) is 2.35. The van der Waals surface area contributed by atoms with E-state index in [2.05, 4.69) is 24.1 Å². The summed E-state index contributed by atoms with van der Waals surface area (Å²) < 4.78 is 0. The third kappa shape index (κ3) is 4.83. The number of carbonyl (C=O) groups is 1. The maximum Gasteiger partial charge on any atom is 0.225 e. The van der Waals surface area contributed by atoms with Crippen molar-refractivity contribution < 1.29 is 4.79 Å². The highest BCUT2D eigenvalue weighted by Crippen LogP contribution is 2.15. The zero-order chi connectivity index (χ0) is 12.5. The first-order valence-corrected chi connectivity index (χ1v) is 5.97. The van der Waals surface area contributed by atoms with Gasteiger partial charge in [0.15, 0.2) is 0 Å². The lowest BCUT2D eigenvalue weighted by Crippen LogP contribution is -2.22. The number of para-hydroxylation sites is 1. The molecular formula is C14H20N2O. The summed E-state index contributed by atoms with van der Waals surface area (Å²) in [6, 6.07) is 7.89. The lowest BCUT2D eigenvalue weighted by Gasteiger charge is -2.09. The van der Waals surface area contributed by atoms with Crippen LogP contribution in [0.15, 0.2) is 36.9 Å². The van der Waals surface area contributed by atoms with Crippen LogP contribution in [-0.4, -0.2) is 19.0 Å². The summed E-state index contributed by atoms with van der Waals surface area (Å²) in [7, 11) is 0. The molecule has 1 aromatic rings. The highest BCUT2D eigenvalue weighted by Gasteiger charge is 2.04. The van der Waals surface area contributed by atoms with Crippen LogP contribution >= 0.6 is 0 Å². The summed E-state index contributed by atoms with van der Waals surface area (Å²) in [4.78, 5) is 11.7. The maximum atomic E-state index is 11.7. The molecule has 0 radical (unpaired) electrons. The van der Waals surface area contributed by atoms with Crippen molar-refractivity contribution in [2.45, 2.75) is 19.8 Å². The molecule has 3 nitrogen and oxygen atoms in total. The molecule has 0 fully saturated rings. The number of carbonyl (C=O) groups excluding carboxylic acids is 1. The monoisotopic (exact) mass is 232 g/mol. The third-order valence-electron chi connectivity index (χ3n) is 2.49. The number of nitrogens with one attached hydrogen (secondary N) is 2. The topological polar surface area (TPSA) is 41.1 Å². The second-order valence-electron chi connectivity index (χ2n) is 3.80. The zero-order valence-electron chi connectivity index (χ0n) is 10.3. The molecule has 0 saturated carbocycles. The number of benzene rings is 1. The van der Waals surface area contributed by atoms with Crippen LogP contribution in [0.25, 0.3) is 0 Å². The predicted octanol–water partition coefficient (Wildman–Crippen LogP) is 2.35. The van der Waals surface area contributed by atoms with E-state index in [1.54, 1.807) is 6.08 Å². The minimum atomic E-state index is 0.0439. The van der Waals surface area contributed by atoms with Crippen molar-refractivity contribution in [3.05, 3.63) is 42.5 Å². The SMILES string of the molecule is C=CCNCCC(=O)Nc1ccccc1CC. The largest absolute Gasteiger partial charge is 0.326 e. The van der Waals surface area contributed by atoms with Crippen molar-refractivity contribution in [3.63, 3.8) is 0 Å². The van der Waals surface area contributed by atoms with Crippen LogP contribution in [0.4, 0.5) is 5.69 Å². The molecule has 1 amide bonds. The van der Waals surface area contributed by atoms with E-state index in [1.165, 1.54) is 5.56 Å². The number of aryl methyl sites for hydroxylation is 1. The second kappa shape index (κ2) is 7.63. The Kier molecular flexibility index (Phi) is 6.04. The van der Waals surface area contributed by atoms with Crippen LogP contribution in [0.2, 0.25) is 0 Å². The molecule has 1 rings (SSSR count). The summed E-state index contributed by atoms with van der Waals surface area (Å²) in [6.45, 7) is 7.09. The van der Waals surface area contributed by atoms with E-state index in [0.29, 0.717) is 13.0 Å². The third-order valence-corrected chi connectivity index (χ3v) is 2.49. The Hall–Kier alpha value is -1.61. The van der Waals surface area contributed by atoms with E-state index in [4.69, 9.17) is 0 Å². The predicted molar refractivity (Wildman–Crippen MR) is 72.1 cm³/mol. The van der Waals surface area contributed by atoms with Gasteiger partial charge in [0.1, 0.15) is 0 Å². The molecule has 0 bridgehead atoms. The van der Waals surface area contributed by atoms with Gasteiger partial charge in [0, 0.05) is 25.2 Å². The first-order valence-electron chi connectivity index (χ1n) is 5.97. The van der Waals surface area contributed by atoms with Gasteiger partial charge in [-0.25, -0.2) is 0 Å². The first kappa shape index (κ1) is 13.5. The lowest BCUT2D eigenvalue weighted by atomic mass is 10.1. The van der Waals surface area contributed by atoms with Crippen molar-refractivity contribution >= 4 is 11.6 Å². The molecule has 2 N–H and O–H groups in total. The molecule has 92 valence electrons. The highest BCUT2D eigenvalue weighted by atomic mass is 16.1. The Morgan fingerprint density at radius 1 is 1.41 bits per heavy atom. The quantitative estimate of drug-likeness (QED) is 0.559. The smallest absolute Gasteiger partial charge is 0.225 e. The molecule has 0 aliphatic rings. The van der Waals surface area contributed by atoms with E-state index in [0.717, 1.165) is 18.7 Å². The molecule has 17 heavy (non-hydrogen) atoms. The molecule has 0 aliphatic heterocycles. The summed E-state index contributed by atoms with van der Waals surface area (Å²) in [5.74, 6) is 0.0439. The summed E-state index contributed by atoms with van der Waals surface area (Å²) in [5.41, 5.74) is 2.09. The van der Waals surface area contributed by atoms with Gasteiger partial charge in [0.2, 0.25) is 5.91 Å². The van der Waals surface area contributed by atoms with Crippen molar-refractivity contribution in [1.82, 2.24) is 5.32 Å². The minimum Gasteiger partial charge on any atom is -0.326 e. The van der Waals surface area contributed by atoms with Gasteiger partial charge in [-0.1, -0.05) is 31.2 Å². The Morgan fingerprint density at radius 2 is 2.18 bits per heavy atom. The molecule has 0 spiro atoms. The number of amides is 1. The molecule has 3 heteroatoms. The second-order valence-corrected chi connectivity index (χ2v) is 3.80. The van der Waals surface area contributed by atoms with Crippen LogP contribution in [0.1, 0.15) is 18.9 Å². The average molecular weight is 232 g/mol. The summed E-state index contributed by atoms with van der Waals surface area (Å²) >= 11 is 0. The Morgan fingerprint density at radius 3 is 2.88 bits per heavy atom. The molecule has 0 aliphatic carbocycles. The van der Waals surface area contributed by atoms with Gasteiger partial charge in [0.25, 0.3) is 0 Å². The van der Waals surface area contributed by atoms with Crippen LogP contribution in [-0.2, 0) is 11.2 Å². The fourth-order valence-corrected chi connectivity index (χ4v) is 1.57. The van der Waals surface area contributed by atoms with Gasteiger partial charge in [0.05, 0.1) is 0 Å². The van der Waals surface area contributed by atoms with Gasteiger partial charge in [-0.05, 0) is 18.1 Å². The normalized spacial score (nSPS) is 9.94. The van der Waals surface area contributed by atoms with Gasteiger partial charge in [-0.2, -0.15) is 0 Å². The van der Waals surface area contributed by atoms with E-state index >= 15 is 0 Å². The highest BCUT2D eigenvalue weighted by molar-refractivity contribution is 5.91. The van der Waals surface area contributed by atoms with Gasteiger partial charge in [-0.3, -0.25) is 4.79 Å². The van der Waals surface area contributed by atoms with Crippen molar-refractivity contribution in [2.24, 2.45) is 0 Å². The molecule has 0 atom stereocenters. The Labute approximate surface area is 103 Å². The number of rotatable bonds is 7. The van der Waals surface area contributed by atoms with Crippen molar-refractivity contribution in [1.29, 1.82) is 0 Å². The van der Waals surface area contributed by atoms with Crippen LogP contribution in [0.5, 0.6) is 0 Å². The fraction of sp³-hybridized carbons (Fsp3) is 0.357. The van der Waals surface area contributed by atoms with Gasteiger partial charge < -0.3 is 10.6 Å². The molecule has 0 aromatic heterocycles. The minimum absolute atomic E-state index is 0.0439. The number of hydrogen-bond acceptors (Lipinski definition) is 2. The van der Waals surface area contributed by atoms with Crippen LogP contribution in [0.3, 0.4) is 0 Å². The lowest BCUT2D eigenvalue weighted by molar-refractivity contribution is -0.116. The van der Waals surface area contributed by atoms with E-state index in [9.17, 15) is 4.79 Å². The van der Waals surface area contributed by atoms with Gasteiger partial charge in [-0.15, -0.1) is 6.58 Å².